The van der Waals surface area contributed by atoms with Crippen LogP contribution >= 0.6 is 11.6 Å². The summed E-state index contributed by atoms with van der Waals surface area (Å²) in [5, 5.41) is 17.7. The first kappa shape index (κ1) is 22.9. The maximum Gasteiger partial charge on any atom is 0.271 e. The predicted octanol–water partition coefficient (Wildman–Crippen LogP) is 1.75. The number of anilines is 2. The number of rotatable bonds is 5. The molecule has 180 valence electrons. The van der Waals surface area contributed by atoms with Gasteiger partial charge in [0.1, 0.15) is 5.54 Å². The van der Waals surface area contributed by atoms with Gasteiger partial charge in [-0.25, -0.2) is 4.90 Å². The fourth-order valence-electron chi connectivity index (χ4n) is 5.54. The summed E-state index contributed by atoms with van der Waals surface area (Å²) in [4.78, 5) is 64.0. The number of imide groups is 1. The number of fused-ring (bicyclic) bond motifs is 4. The van der Waals surface area contributed by atoms with Gasteiger partial charge in [0.25, 0.3) is 5.69 Å². The van der Waals surface area contributed by atoms with E-state index >= 15 is 0 Å². The molecule has 3 heterocycles. The normalized spacial score (nSPS) is 26.7. The quantitative estimate of drug-likeness (QED) is 0.321. The topological polar surface area (TPSA) is 165 Å². The number of nitrogens with one attached hydrogen (secondary N) is 2. The van der Waals surface area contributed by atoms with E-state index < -0.39 is 52.0 Å². The van der Waals surface area contributed by atoms with Crippen LogP contribution in [-0.2, 0) is 24.7 Å². The minimum atomic E-state index is -1.58. The van der Waals surface area contributed by atoms with Crippen LogP contribution < -0.4 is 21.3 Å². The molecule has 12 heteroatoms. The number of nitro benzene ring substituents is 1. The van der Waals surface area contributed by atoms with Crippen molar-refractivity contribution in [3.05, 3.63) is 62.7 Å². The van der Waals surface area contributed by atoms with Gasteiger partial charge in [-0.3, -0.25) is 34.6 Å². The van der Waals surface area contributed by atoms with Crippen molar-refractivity contribution in [2.24, 2.45) is 17.6 Å². The number of halogens is 1. The first-order valence-electron chi connectivity index (χ1n) is 10.9. The van der Waals surface area contributed by atoms with Gasteiger partial charge in [0, 0.05) is 35.2 Å². The Morgan fingerprint density at radius 1 is 1.23 bits per heavy atom. The number of benzene rings is 2. The van der Waals surface area contributed by atoms with Gasteiger partial charge >= 0.3 is 0 Å². The molecular weight excluding hydrogens is 478 g/mol. The highest BCUT2D eigenvalue weighted by Gasteiger charge is 2.70. The zero-order valence-corrected chi connectivity index (χ0v) is 19.2. The summed E-state index contributed by atoms with van der Waals surface area (Å²) in [5.74, 6) is -4.51. The van der Waals surface area contributed by atoms with E-state index in [0.717, 1.165) is 11.0 Å². The van der Waals surface area contributed by atoms with Crippen molar-refractivity contribution >= 4 is 52.3 Å². The molecule has 35 heavy (non-hydrogen) atoms. The van der Waals surface area contributed by atoms with Crippen molar-refractivity contribution in [3.63, 3.8) is 0 Å². The molecule has 11 nitrogen and oxygen atoms in total. The second-order valence-electron chi connectivity index (χ2n) is 8.91. The Bertz CT molecular complexity index is 1350. The molecule has 0 aliphatic carbocycles. The number of amides is 4. The highest BCUT2D eigenvalue weighted by Crippen LogP contribution is 2.55. The Labute approximate surface area is 203 Å². The van der Waals surface area contributed by atoms with Crippen LogP contribution in [0.15, 0.2) is 36.4 Å². The molecule has 4 atom stereocenters. The number of nitrogens with zero attached hydrogens (tertiary/aromatic N) is 2. The van der Waals surface area contributed by atoms with Crippen LogP contribution in [0.1, 0.15) is 24.0 Å². The number of carbonyl (C=O) groups excluding carboxylic acids is 4. The standard InChI is InChI=1S/C23H20ClN5O6/c1-10-14(24)6-5-13-19(10)26-22(33)23(13)18-17(15(27-23)7-8-16(25)30)20(31)28(21(18)32)11-3-2-4-12(9-11)29(34)35/h2-6,9,15,17-18,27H,7-8H2,1H3,(H2,25,30)(H,26,33). The predicted molar refractivity (Wildman–Crippen MR) is 124 cm³/mol. The van der Waals surface area contributed by atoms with Crippen molar-refractivity contribution in [2.45, 2.75) is 31.3 Å². The molecule has 3 aliphatic heterocycles. The smallest absolute Gasteiger partial charge is 0.271 e. The Morgan fingerprint density at radius 2 is 1.97 bits per heavy atom. The molecule has 1 spiro atoms. The van der Waals surface area contributed by atoms with Crippen LogP contribution in [0, 0.1) is 28.9 Å². The van der Waals surface area contributed by atoms with E-state index in [9.17, 15) is 29.3 Å². The summed E-state index contributed by atoms with van der Waals surface area (Å²) in [7, 11) is 0. The maximum absolute atomic E-state index is 13.8. The number of nitro groups is 1. The summed E-state index contributed by atoms with van der Waals surface area (Å²) >= 11 is 6.25. The second-order valence-corrected chi connectivity index (χ2v) is 9.31. The Kier molecular flexibility index (Phi) is 5.15. The Hall–Kier alpha value is -3.83. The van der Waals surface area contributed by atoms with E-state index in [1.165, 1.54) is 18.2 Å². The zero-order chi connectivity index (χ0) is 25.2. The van der Waals surface area contributed by atoms with E-state index in [0.29, 0.717) is 21.8 Å². The van der Waals surface area contributed by atoms with E-state index in [1.807, 2.05) is 0 Å². The monoisotopic (exact) mass is 497 g/mol. The fraction of sp³-hybridized carbons (Fsp3) is 0.304. The van der Waals surface area contributed by atoms with Crippen molar-refractivity contribution in [1.82, 2.24) is 5.32 Å². The lowest BCUT2D eigenvalue weighted by Gasteiger charge is -2.29. The average Bonchev–Trinajstić information content (AvgIpc) is 3.40. The van der Waals surface area contributed by atoms with Crippen LogP contribution in [0.3, 0.4) is 0 Å². The summed E-state index contributed by atoms with van der Waals surface area (Å²) in [6.07, 6.45) is 0.0542. The van der Waals surface area contributed by atoms with E-state index in [1.54, 1.807) is 19.1 Å². The molecule has 3 aliphatic rings. The molecule has 0 aromatic heterocycles. The van der Waals surface area contributed by atoms with Crippen molar-refractivity contribution < 1.29 is 24.1 Å². The number of nitrogens with two attached hydrogens (primary N) is 1. The van der Waals surface area contributed by atoms with Crippen LogP contribution in [0.5, 0.6) is 0 Å². The molecule has 2 fully saturated rings. The SMILES string of the molecule is Cc1c(Cl)ccc2c1NC(=O)C21NC(CCC(N)=O)C2C(=O)N(c3cccc([N+](=O)[O-])c3)C(=O)C21. The molecule has 4 N–H and O–H groups in total. The summed E-state index contributed by atoms with van der Waals surface area (Å²) in [5.41, 5.74) is 5.05. The van der Waals surface area contributed by atoms with Crippen molar-refractivity contribution in [3.8, 4) is 0 Å². The minimum absolute atomic E-state index is 0.0401. The van der Waals surface area contributed by atoms with Gasteiger partial charge in [0.05, 0.1) is 28.1 Å². The van der Waals surface area contributed by atoms with Crippen molar-refractivity contribution in [1.29, 1.82) is 0 Å². The van der Waals surface area contributed by atoms with Crippen LogP contribution in [0.25, 0.3) is 0 Å². The van der Waals surface area contributed by atoms with Gasteiger partial charge in [-0.2, -0.15) is 0 Å². The number of primary amides is 1. The molecular formula is C23H20ClN5O6. The lowest BCUT2D eigenvalue weighted by atomic mass is 9.76. The average molecular weight is 498 g/mol. The third-order valence-electron chi connectivity index (χ3n) is 7.09. The van der Waals surface area contributed by atoms with Crippen LogP contribution in [0.2, 0.25) is 5.02 Å². The molecule has 0 bridgehead atoms. The largest absolute Gasteiger partial charge is 0.370 e. The van der Waals surface area contributed by atoms with Gasteiger partial charge < -0.3 is 11.1 Å². The third kappa shape index (κ3) is 3.15. The number of hydrogen-bond donors (Lipinski definition) is 3. The lowest BCUT2D eigenvalue weighted by Crippen LogP contribution is -2.53. The second kappa shape index (κ2) is 7.85. The molecule has 2 aromatic carbocycles. The van der Waals surface area contributed by atoms with Gasteiger partial charge in [-0.15, -0.1) is 0 Å². The van der Waals surface area contributed by atoms with E-state index in [4.69, 9.17) is 17.3 Å². The number of non-ortho nitro benzene ring substituents is 1. The molecule has 4 unspecified atom stereocenters. The number of carbonyl (C=O) groups is 4. The maximum atomic E-state index is 13.8. The van der Waals surface area contributed by atoms with Gasteiger partial charge in [0.15, 0.2) is 0 Å². The van der Waals surface area contributed by atoms with Crippen LogP contribution in [0.4, 0.5) is 17.1 Å². The molecule has 0 radical (unpaired) electrons. The Balaban J connectivity index is 1.66. The summed E-state index contributed by atoms with van der Waals surface area (Å²) in [6, 6.07) is 7.73. The molecule has 5 rings (SSSR count). The van der Waals surface area contributed by atoms with Gasteiger partial charge in [-0.1, -0.05) is 23.7 Å². The molecule has 0 saturated carbocycles. The summed E-state index contributed by atoms with van der Waals surface area (Å²) in [6.45, 7) is 1.73. The van der Waals surface area contributed by atoms with E-state index in [-0.39, 0.29) is 24.2 Å². The lowest BCUT2D eigenvalue weighted by molar-refractivity contribution is -0.384. The first-order chi connectivity index (χ1) is 16.6. The Morgan fingerprint density at radius 3 is 2.66 bits per heavy atom. The molecule has 2 aromatic rings. The van der Waals surface area contributed by atoms with Gasteiger partial charge in [-0.05, 0) is 31.0 Å². The van der Waals surface area contributed by atoms with Crippen LogP contribution in [-0.4, -0.2) is 34.6 Å². The van der Waals surface area contributed by atoms with E-state index in [2.05, 4.69) is 10.6 Å². The fourth-order valence-corrected chi connectivity index (χ4v) is 5.69. The minimum Gasteiger partial charge on any atom is -0.370 e. The first-order valence-corrected chi connectivity index (χ1v) is 11.2. The van der Waals surface area contributed by atoms with Gasteiger partial charge in [0.2, 0.25) is 23.6 Å². The third-order valence-corrected chi connectivity index (χ3v) is 7.49. The molecule has 2 saturated heterocycles. The van der Waals surface area contributed by atoms with Crippen molar-refractivity contribution in [2.75, 3.05) is 10.2 Å². The number of hydrogen-bond acceptors (Lipinski definition) is 7. The molecule has 4 amide bonds. The highest BCUT2D eigenvalue weighted by molar-refractivity contribution is 6.32. The zero-order valence-electron chi connectivity index (χ0n) is 18.4. The highest BCUT2D eigenvalue weighted by atomic mass is 35.5. The summed E-state index contributed by atoms with van der Waals surface area (Å²) < 4.78 is 0.